The van der Waals surface area contributed by atoms with E-state index in [1.165, 1.54) is 17.7 Å². The van der Waals surface area contributed by atoms with Gasteiger partial charge in [0.15, 0.2) is 5.96 Å². The Kier molecular flexibility index (Phi) is 8.95. The predicted molar refractivity (Wildman–Crippen MR) is 97.4 cm³/mol. The summed E-state index contributed by atoms with van der Waals surface area (Å²) in [6, 6.07) is 0.573. The van der Waals surface area contributed by atoms with Crippen molar-refractivity contribution in [1.29, 1.82) is 0 Å². The molecule has 0 amide bonds. The van der Waals surface area contributed by atoms with Crippen LogP contribution in [0.4, 0.5) is 13.2 Å². The van der Waals surface area contributed by atoms with E-state index in [-0.39, 0.29) is 24.0 Å². The van der Waals surface area contributed by atoms with Crippen molar-refractivity contribution in [3.05, 3.63) is 0 Å². The fraction of sp³-hybridized carbons (Fsp3) is 0.933. The van der Waals surface area contributed by atoms with Crippen LogP contribution < -0.4 is 10.6 Å². The molecule has 1 aliphatic carbocycles. The van der Waals surface area contributed by atoms with Gasteiger partial charge in [-0.05, 0) is 58.0 Å². The zero-order valence-corrected chi connectivity index (χ0v) is 16.0. The molecule has 0 spiro atoms. The molecule has 0 aromatic carbocycles. The van der Waals surface area contributed by atoms with Crippen molar-refractivity contribution in [1.82, 2.24) is 15.5 Å². The lowest BCUT2D eigenvalue weighted by atomic mass is 9.93. The minimum absolute atomic E-state index is 0. The fourth-order valence-corrected chi connectivity index (χ4v) is 2.79. The van der Waals surface area contributed by atoms with Crippen LogP contribution in [0.15, 0.2) is 4.99 Å². The summed E-state index contributed by atoms with van der Waals surface area (Å²) in [5.41, 5.74) is 0. The number of halogens is 4. The first kappa shape index (κ1) is 20.8. The predicted octanol–water partition coefficient (Wildman–Crippen LogP) is 2.99. The van der Waals surface area contributed by atoms with Crippen LogP contribution in [0.5, 0.6) is 0 Å². The number of nitrogens with zero attached hydrogens (tertiary/aromatic N) is 2. The molecule has 23 heavy (non-hydrogen) atoms. The quantitative estimate of drug-likeness (QED) is 0.373. The SMILES string of the molecule is CCNC(=NCCC1CCN(CC(F)(F)F)CC1)NC1CC1.I. The lowest BCUT2D eigenvalue weighted by molar-refractivity contribution is -0.148. The molecule has 1 aliphatic heterocycles. The standard InChI is InChI=1S/C15H27F3N4.HI/c1-2-19-14(21-13-3-4-13)20-8-5-12-6-9-22(10-7-12)11-15(16,17)18;/h12-13H,2-11H2,1H3,(H2,19,20,21);1H. The zero-order valence-electron chi connectivity index (χ0n) is 13.7. The van der Waals surface area contributed by atoms with Gasteiger partial charge in [0.1, 0.15) is 0 Å². The smallest absolute Gasteiger partial charge is 0.357 e. The van der Waals surface area contributed by atoms with Gasteiger partial charge in [0, 0.05) is 19.1 Å². The third-order valence-electron chi connectivity index (χ3n) is 4.18. The van der Waals surface area contributed by atoms with Gasteiger partial charge in [0.05, 0.1) is 6.54 Å². The molecule has 0 bridgehead atoms. The molecule has 4 nitrogen and oxygen atoms in total. The summed E-state index contributed by atoms with van der Waals surface area (Å²) in [4.78, 5) is 6.08. The van der Waals surface area contributed by atoms with Crippen LogP contribution in [0.3, 0.4) is 0 Å². The summed E-state index contributed by atoms with van der Waals surface area (Å²) < 4.78 is 37.0. The van der Waals surface area contributed by atoms with Crippen LogP contribution in [0.25, 0.3) is 0 Å². The maximum Gasteiger partial charge on any atom is 0.401 e. The Morgan fingerprint density at radius 3 is 2.35 bits per heavy atom. The average Bonchev–Trinajstić information content (AvgIpc) is 3.23. The fourth-order valence-electron chi connectivity index (χ4n) is 2.79. The average molecular weight is 448 g/mol. The Hall–Kier alpha value is -0.250. The third-order valence-corrected chi connectivity index (χ3v) is 4.18. The van der Waals surface area contributed by atoms with Crippen LogP contribution in [0, 0.1) is 5.92 Å². The first-order valence-electron chi connectivity index (χ1n) is 8.30. The van der Waals surface area contributed by atoms with Gasteiger partial charge in [-0.1, -0.05) is 0 Å². The maximum atomic E-state index is 12.3. The van der Waals surface area contributed by atoms with Crippen molar-refractivity contribution in [2.45, 2.75) is 51.2 Å². The zero-order chi connectivity index (χ0) is 16.0. The molecule has 0 aromatic heterocycles. The van der Waals surface area contributed by atoms with E-state index in [2.05, 4.69) is 15.6 Å². The molecule has 2 N–H and O–H groups in total. The largest absolute Gasteiger partial charge is 0.401 e. The van der Waals surface area contributed by atoms with E-state index in [0.29, 0.717) is 25.0 Å². The van der Waals surface area contributed by atoms with E-state index < -0.39 is 12.7 Å². The van der Waals surface area contributed by atoms with E-state index in [0.717, 1.165) is 38.3 Å². The second kappa shape index (κ2) is 9.90. The Labute approximate surface area is 153 Å². The van der Waals surface area contributed by atoms with Gasteiger partial charge in [-0.15, -0.1) is 24.0 Å². The molecule has 0 radical (unpaired) electrons. The molecule has 0 unspecified atom stereocenters. The van der Waals surface area contributed by atoms with Gasteiger partial charge in [0.25, 0.3) is 0 Å². The van der Waals surface area contributed by atoms with Gasteiger partial charge in [-0.3, -0.25) is 9.89 Å². The van der Waals surface area contributed by atoms with Gasteiger partial charge in [-0.2, -0.15) is 13.2 Å². The van der Waals surface area contributed by atoms with Gasteiger partial charge < -0.3 is 10.6 Å². The van der Waals surface area contributed by atoms with Gasteiger partial charge >= 0.3 is 6.18 Å². The van der Waals surface area contributed by atoms with E-state index in [4.69, 9.17) is 0 Å². The minimum Gasteiger partial charge on any atom is -0.357 e. The molecule has 2 aliphatic rings. The van der Waals surface area contributed by atoms with E-state index in [1.807, 2.05) is 6.92 Å². The summed E-state index contributed by atoms with van der Waals surface area (Å²) in [5.74, 6) is 1.37. The minimum atomic E-state index is -4.08. The lowest BCUT2D eigenvalue weighted by Gasteiger charge is -2.32. The highest BCUT2D eigenvalue weighted by molar-refractivity contribution is 14.0. The monoisotopic (exact) mass is 448 g/mol. The Morgan fingerprint density at radius 1 is 1.17 bits per heavy atom. The number of rotatable bonds is 6. The Balaban J connectivity index is 0.00000264. The molecular formula is C15H28F3IN4. The highest BCUT2D eigenvalue weighted by Crippen LogP contribution is 2.24. The summed E-state index contributed by atoms with van der Waals surface area (Å²) in [5, 5.41) is 6.60. The first-order valence-corrected chi connectivity index (χ1v) is 8.30. The summed E-state index contributed by atoms with van der Waals surface area (Å²) in [6.07, 6.45) is 0.994. The van der Waals surface area contributed by atoms with Crippen LogP contribution in [-0.4, -0.2) is 55.8 Å². The molecule has 1 saturated carbocycles. The number of nitrogens with one attached hydrogen (secondary N) is 2. The van der Waals surface area contributed by atoms with Crippen molar-refractivity contribution in [2.24, 2.45) is 10.9 Å². The molecule has 1 heterocycles. The third kappa shape index (κ3) is 8.97. The number of piperidine rings is 1. The van der Waals surface area contributed by atoms with Crippen molar-refractivity contribution in [3.63, 3.8) is 0 Å². The number of likely N-dealkylation sites (tertiary alicyclic amines) is 1. The molecule has 136 valence electrons. The lowest BCUT2D eigenvalue weighted by Crippen LogP contribution is -2.40. The molecule has 2 fully saturated rings. The molecule has 2 rings (SSSR count). The van der Waals surface area contributed by atoms with Crippen LogP contribution in [0.2, 0.25) is 0 Å². The number of aliphatic imine (C=N–C) groups is 1. The van der Waals surface area contributed by atoms with Gasteiger partial charge in [-0.25, -0.2) is 0 Å². The highest BCUT2D eigenvalue weighted by Gasteiger charge is 2.32. The molecule has 0 atom stereocenters. The van der Waals surface area contributed by atoms with Crippen molar-refractivity contribution >= 4 is 29.9 Å². The van der Waals surface area contributed by atoms with E-state index in [9.17, 15) is 13.2 Å². The topological polar surface area (TPSA) is 39.7 Å². The number of hydrogen-bond donors (Lipinski definition) is 2. The van der Waals surface area contributed by atoms with E-state index in [1.54, 1.807) is 0 Å². The highest BCUT2D eigenvalue weighted by atomic mass is 127. The maximum absolute atomic E-state index is 12.3. The summed E-state index contributed by atoms with van der Waals surface area (Å²) in [6.45, 7) is 3.96. The van der Waals surface area contributed by atoms with Crippen molar-refractivity contribution < 1.29 is 13.2 Å². The summed E-state index contributed by atoms with van der Waals surface area (Å²) >= 11 is 0. The Bertz CT molecular complexity index is 364. The summed E-state index contributed by atoms with van der Waals surface area (Å²) in [7, 11) is 0. The number of guanidine groups is 1. The van der Waals surface area contributed by atoms with Crippen LogP contribution in [-0.2, 0) is 0 Å². The normalized spacial score (nSPS) is 21.0. The van der Waals surface area contributed by atoms with Crippen LogP contribution in [0.1, 0.15) is 39.0 Å². The molecular weight excluding hydrogens is 420 g/mol. The second-order valence-corrected chi connectivity index (χ2v) is 6.30. The van der Waals surface area contributed by atoms with Crippen LogP contribution >= 0.6 is 24.0 Å². The van der Waals surface area contributed by atoms with Crippen molar-refractivity contribution in [2.75, 3.05) is 32.7 Å². The van der Waals surface area contributed by atoms with Crippen molar-refractivity contribution in [3.8, 4) is 0 Å². The first-order chi connectivity index (χ1) is 10.5. The van der Waals surface area contributed by atoms with Gasteiger partial charge in [0.2, 0.25) is 0 Å². The number of hydrogen-bond acceptors (Lipinski definition) is 2. The Morgan fingerprint density at radius 2 is 1.83 bits per heavy atom. The molecule has 1 saturated heterocycles. The molecule has 8 heteroatoms. The van der Waals surface area contributed by atoms with E-state index >= 15 is 0 Å². The second-order valence-electron chi connectivity index (χ2n) is 6.30. The molecule has 0 aromatic rings. The number of alkyl halides is 3.